The zero-order chi connectivity index (χ0) is 16.7. The summed E-state index contributed by atoms with van der Waals surface area (Å²) in [6.07, 6.45) is 3.65. The lowest BCUT2D eigenvalue weighted by Gasteiger charge is -2.12. The summed E-state index contributed by atoms with van der Waals surface area (Å²) < 4.78 is 5.35. The molecule has 0 radical (unpaired) electrons. The number of aryl methyl sites for hydroxylation is 1. The number of methoxy groups -OCH3 is 1. The smallest absolute Gasteiger partial charge is 0.251 e. The number of hydrogen-bond acceptors (Lipinski definition) is 4. The number of hydrogen-bond donors (Lipinski definition) is 2. The predicted octanol–water partition coefficient (Wildman–Crippen LogP) is 3.67. The zero-order valence-corrected chi connectivity index (χ0v) is 13.8. The lowest BCUT2D eigenvalue weighted by atomic mass is 10.2. The van der Waals surface area contributed by atoms with Gasteiger partial charge in [-0.3, -0.25) is 4.79 Å². The number of amides is 1. The molecule has 0 aliphatic rings. The standard InChI is InChI=1S/C18H23N3O2/c1-4-5-9-20-18(22)14-8-10-19-17(12-14)21-15-11-13(2)6-7-16(15)23-3/h6-8,10-12H,4-5,9H2,1-3H3,(H,19,21)(H,20,22). The second-order valence-electron chi connectivity index (χ2n) is 5.37. The molecule has 2 aromatic rings. The number of benzene rings is 1. The average Bonchev–Trinajstić information content (AvgIpc) is 2.55. The summed E-state index contributed by atoms with van der Waals surface area (Å²) >= 11 is 0. The summed E-state index contributed by atoms with van der Waals surface area (Å²) in [5.74, 6) is 1.26. The Balaban J connectivity index is 2.14. The molecule has 5 heteroatoms. The summed E-state index contributed by atoms with van der Waals surface area (Å²) in [4.78, 5) is 16.4. The van der Waals surface area contributed by atoms with Gasteiger partial charge < -0.3 is 15.4 Å². The number of unbranched alkanes of at least 4 members (excludes halogenated alkanes) is 1. The maximum absolute atomic E-state index is 12.1. The highest BCUT2D eigenvalue weighted by molar-refractivity contribution is 5.94. The number of aromatic nitrogens is 1. The van der Waals surface area contributed by atoms with E-state index in [4.69, 9.17) is 4.74 Å². The second kappa shape index (κ2) is 8.17. The third kappa shape index (κ3) is 4.71. The van der Waals surface area contributed by atoms with Gasteiger partial charge in [0.25, 0.3) is 5.91 Å². The first kappa shape index (κ1) is 16.8. The molecule has 0 bridgehead atoms. The molecule has 0 saturated carbocycles. The average molecular weight is 313 g/mol. The fraction of sp³-hybridized carbons (Fsp3) is 0.333. The Bertz CT molecular complexity index is 671. The van der Waals surface area contributed by atoms with Crippen molar-refractivity contribution in [1.82, 2.24) is 10.3 Å². The van der Waals surface area contributed by atoms with Crippen LogP contribution in [-0.2, 0) is 0 Å². The maximum Gasteiger partial charge on any atom is 0.251 e. The van der Waals surface area contributed by atoms with Gasteiger partial charge in [-0.1, -0.05) is 19.4 Å². The van der Waals surface area contributed by atoms with Crippen LogP contribution in [0.25, 0.3) is 0 Å². The summed E-state index contributed by atoms with van der Waals surface area (Å²) in [5.41, 5.74) is 2.52. The highest BCUT2D eigenvalue weighted by Gasteiger charge is 2.08. The lowest BCUT2D eigenvalue weighted by molar-refractivity contribution is 0.0953. The van der Waals surface area contributed by atoms with Crippen molar-refractivity contribution in [3.05, 3.63) is 47.7 Å². The number of pyridine rings is 1. The van der Waals surface area contributed by atoms with E-state index in [1.807, 2.05) is 25.1 Å². The van der Waals surface area contributed by atoms with Crippen molar-refractivity contribution < 1.29 is 9.53 Å². The molecule has 122 valence electrons. The molecular weight excluding hydrogens is 290 g/mol. The quantitative estimate of drug-likeness (QED) is 0.766. The molecule has 1 heterocycles. The van der Waals surface area contributed by atoms with Gasteiger partial charge >= 0.3 is 0 Å². The molecule has 0 fully saturated rings. The van der Waals surface area contributed by atoms with Crippen LogP contribution in [0.4, 0.5) is 11.5 Å². The monoisotopic (exact) mass is 313 g/mol. The Hall–Kier alpha value is -2.56. The molecule has 2 N–H and O–H groups in total. The first-order valence-electron chi connectivity index (χ1n) is 7.80. The number of nitrogens with zero attached hydrogens (tertiary/aromatic N) is 1. The molecule has 1 amide bonds. The zero-order valence-electron chi connectivity index (χ0n) is 13.8. The normalized spacial score (nSPS) is 10.2. The van der Waals surface area contributed by atoms with E-state index in [9.17, 15) is 4.79 Å². The van der Waals surface area contributed by atoms with E-state index in [0.717, 1.165) is 29.8 Å². The van der Waals surface area contributed by atoms with Crippen LogP contribution in [-0.4, -0.2) is 24.5 Å². The molecule has 0 saturated heterocycles. The van der Waals surface area contributed by atoms with Crippen LogP contribution in [0.2, 0.25) is 0 Å². The van der Waals surface area contributed by atoms with Gasteiger partial charge in [0.05, 0.1) is 12.8 Å². The largest absolute Gasteiger partial charge is 0.495 e. The van der Waals surface area contributed by atoms with Gasteiger partial charge in [0.2, 0.25) is 0 Å². The number of nitrogens with one attached hydrogen (secondary N) is 2. The van der Waals surface area contributed by atoms with Crippen molar-refractivity contribution in [3.8, 4) is 5.75 Å². The molecule has 0 unspecified atom stereocenters. The van der Waals surface area contributed by atoms with E-state index in [-0.39, 0.29) is 5.91 Å². The SMILES string of the molecule is CCCCNC(=O)c1ccnc(Nc2cc(C)ccc2OC)c1. The van der Waals surface area contributed by atoms with Crippen LogP contribution in [0.1, 0.15) is 35.7 Å². The molecule has 1 aromatic carbocycles. The summed E-state index contributed by atoms with van der Waals surface area (Å²) in [6, 6.07) is 9.31. The summed E-state index contributed by atoms with van der Waals surface area (Å²) in [5, 5.41) is 6.11. The summed E-state index contributed by atoms with van der Waals surface area (Å²) in [7, 11) is 1.63. The van der Waals surface area contributed by atoms with Gasteiger partial charge in [0.1, 0.15) is 11.6 Å². The van der Waals surface area contributed by atoms with Crippen LogP contribution < -0.4 is 15.4 Å². The first-order valence-corrected chi connectivity index (χ1v) is 7.80. The minimum atomic E-state index is -0.0832. The number of carbonyl (C=O) groups is 1. The van der Waals surface area contributed by atoms with Crippen molar-refractivity contribution in [2.24, 2.45) is 0 Å². The van der Waals surface area contributed by atoms with Gasteiger partial charge in [0, 0.05) is 18.3 Å². The van der Waals surface area contributed by atoms with E-state index in [1.165, 1.54) is 0 Å². The van der Waals surface area contributed by atoms with Crippen LogP contribution in [0, 0.1) is 6.92 Å². The first-order chi connectivity index (χ1) is 11.1. The fourth-order valence-corrected chi connectivity index (χ4v) is 2.18. The molecular formula is C18H23N3O2. The van der Waals surface area contributed by atoms with Crippen molar-refractivity contribution in [2.75, 3.05) is 19.0 Å². The van der Waals surface area contributed by atoms with Crippen LogP contribution in [0.15, 0.2) is 36.5 Å². The molecule has 0 spiro atoms. The Kier molecular flexibility index (Phi) is 5.97. The Morgan fingerprint density at radius 2 is 2.09 bits per heavy atom. The van der Waals surface area contributed by atoms with Crippen molar-refractivity contribution >= 4 is 17.4 Å². The van der Waals surface area contributed by atoms with Crippen LogP contribution >= 0.6 is 0 Å². The predicted molar refractivity (Wildman–Crippen MR) is 92.5 cm³/mol. The van der Waals surface area contributed by atoms with Gasteiger partial charge in [-0.15, -0.1) is 0 Å². The fourth-order valence-electron chi connectivity index (χ4n) is 2.18. The number of rotatable bonds is 7. The van der Waals surface area contributed by atoms with E-state index in [0.29, 0.717) is 17.9 Å². The van der Waals surface area contributed by atoms with Crippen LogP contribution in [0.3, 0.4) is 0 Å². The molecule has 1 aromatic heterocycles. The maximum atomic E-state index is 12.1. The molecule has 0 aliphatic heterocycles. The van der Waals surface area contributed by atoms with Gasteiger partial charge in [-0.05, 0) is 43.2 Å². The van der Waals surface area contributed by atoms with Crippen molar-refractivity contribution in [3.63, 3.8) is 0 Å². The third-order valence-corrected chi connectivity index (χ3v) is 3.46. The van der Waals surface area contributed by atoms with Gasteiger partial charge in [-0.25, -0.2) is 4.98 Å². The highest BCUT2D eigenvalue weighted by atomic mass is 16.5. The topological polar surface area (TPSA) is 63.2 Å². The van der Waals surface area contributed by atoms with Gasteiger partial charge in [-0.2, -0.15) is 0 Å². The Labute approximate surface area is 137 Å². The van der Waals surface area contributed by atoms with E-state index >= 15 is 0 Å². The number of anilines is 2. The minimum Gasteiger partial charge on any atom is -0.495 e. The third-order valence-electron chi connectivity index (χ3n) is 3.46. The Morgan fingerprint density at radius 1 is 1.26 bits per heavy atom. The number of carbonyl (C=O) groups excluding carboxylic acids is 1. The Morgan fingerprint density at radius 3 is 2.83 bits per heavy atom. The number of ether oxygens (including phenoxy) is 1. The van der Waals surface area contributed by atoms with E-state index in [1.54, 1.807) is 25.4 Å². The minimum absolute atomic E-state index is 0.0832. The molecule has 5 nitrogen and oxygen atoms in total. The highest BCUT2D eigenvalue weighted by Crippen LogP contribution is 2.28. The molecule has 23 heavy (non-hydrogen) atoms. The lowest BCUT2D eigenvalue weighted by Crippen LogP contribution is -2.24. The van der Waals surface area contributed by atoms with E-state index < -0.39 is 0 Å². The molecule has 2 rings (SSSR count). The van der Waals surface area contributed by atoms with E-state index in [2.05, 4.69) is 22.5 Å². The van der Waals surface area contributed by atoms with Crippen LogP contribution in [0.5, 0.6) is 5.75 Å². The van der Waals surface area contributed by atoms with Crippen molar-refractivity contribution in [2.45, 2.75) is 26.7 Å². The molecule has 0 aliphatic carbocycles. The molecule has 0 atom stereocenters. The summed E-state index contributed by atoms with van der Waals surface area (Å²) in [6.45, 7) is 4.79. The second-order valence-corrected chi connectivity index (χ2v) is 5.37. The van der Waals surface area contributed by atoms with Crippen molar-refractivity contribution in [1.29, 1.82) is 0 Å². The van der Waals surface area contributed by atoms with Gasteiger partial charge in [0.15, 0.2) is 0 Å².